The summed E-state index contributed by atoms with van der Waals surface area (Å²) >= 11 is 1.63. The second-order valence-electron chi connectivity index (χ2n) is 6.11. The van der Waals surface area contributed by atoms with Gasteiger partial charge in [0.05, 0.1) is 13.1 Å². The van der Waals surface area contributed by atoms with E-state index in [0.717, 1.165) is 32.3 Å². The van der Waals surface area contributed by atoms with Crippen molar-refractivity contribution in [1.82, 2.24) is 20.8 Å². The Hall–Kier alpha value is -1.68. The number of nitrogens with one attached hydrogen (secondary N) is 2. The van der Waals surface area contributed by atoms with Crippen LogP contribution in [0.25, 0.3) is 11.0 Å². The smallest absolute Gasteiger partial charge is 0.191 e. The van der Waals surface area contributed by atoms with E-state index in [0.29, 0.717) is 25.0 Å². The minimum Gasteiger partial charge on any atom is -0.459 e. The number of fused-ring (bicyclic) bond motifs is 1. The molecule has 0 saturated carbocycles. The van der Waals surface area contributed by atoms with E-state index in [4.69, 9.17) is 4.42 Å². The molecule has 2 N–H and O–H groups in total. The molecule has 8 heteroatoms. The molecule has 0 radical (unpaired) electrons. The fourth-order valence-corrected chi connectivity index (χ4v) is 3.29. The molecular weight excluding hydrogens is 461 g/mol. The van der Waals surface area contributed by atoms with Crippen molar-refractivity contribution < 1.29 is 4.42 Å². The Morgan fingerprint density at radius 3 is 2.58 bits per heavy atom. The molecule has 0 aliphatic rings. The average Bonchev–Trinajstić information content (AvgIpc) is 3.21. The van der Waals surface area contributed by atoms with E-state index in [2.05, 4.69) is 52.7 Å². The molecule has 0 aliphatic carbocycles. The maximum absolute atomic E-state index is 5.92. The van der Waals surface area contributed by atoms with Gasteiger partial charge in [-0.15, -0.1) is 34.2 Å². The van der Waals surface area contributed by atoms with Crippen molar-refractivity contribution in [3.63, 3.8) is 0 Å². The highest BCUT2D eigenvalue weighted by molar-refractivity contribution is 14.0. The quantitative estimate of drug-likeness (QED) is 0.322. The molecule has 0 unspecified atom stereocenters. The van der Waals surface area contributed by atoms with E-state index >= 15 is 0 Å². The van der Waals surface area contributed by atoms with Gasteiger partial charge >= 0.3 is 0 Å². The number of hydrogen-bond acceptors (Lipinski definition) is 5. The summed E-state index contributed by atoms with van der Waals surface area (Å²) in [7, 11) is 1.75. The summed E-state index contributed by atoms with van der Waals surface area (Å²) in [5.74, 6) is 2.03. The number of benzene rings is 1. The van der Waals surface area contributed by atoms with Gasteiger partial charge in [-0.05, 0) is 13.0 Å². The first kappa shape index (κ1) is 20.6. The number of guanidine groups is 1. The minimum atomic E-state index is 0. The maximum Gasteiger partial charge on any atom is 0.191 e. The predicted molar refractivity (Wildman–Crippen MR) is 117 cm³/mol. The Morgan fingerprint density at radius 1 is 1.19 bits per heavy atom. The van der Waals surface area contributed by atoms with Crippen LogP contribution in [0.15, 0.2) is 33.7 Å². The molecule has 0 amide bonds. The average molecular weight is 485 g/mol. The largest absolute Gasteiger partial charge is 0.459 e. The number of halogens is 1. The van der Waals surface area contributed by atoms with Crippen molar-refractivity contribution in [2.45, 2.75) is 39.8 Å². The van der Waals surface area contributed by atoms with Crippen molar-refractivity contribution >= 4 is 52.2 Å². The molecule has 0 bridgehead atoms. The molecule has 26 heavy (non-hydrogen) atoms. The lowest BCUT2D eigenvalue weighted by Gasteiger charge is -2.09. The lowest BCUT2D eigenvalue weighted by molar-refractivity contribution is 0.534. The van der Waals surface area contributed by atoms with Gasteiger partial charge in [-0.1, -0.05) is 43.4 Å². The summed E-state index contributed by atoms with van der Waals surface area (Å²) in [6.45, 7) is 7.49. The van der Waals surface area contributed by atoms with Crippen LogP contribution in [-0.2, 0) is 13.1 Å². The second kappa shape index (κ2) is 9.31. The van der Waals surface area contributed by atoms with E-state index in [-0.39, 0.29) is 24.0 Å². The summed E-state index contributed by atoms with van der Waals surface area (Å²) < 4.78 is 5.92. The number of aryl methyl sites for hydroxylation is 1. The van der Waals surface area contributed by atoms with E-state index in [1.165, 1.54) is 0 Å². The second-order valence-corrected chi connectivity index (χ2v) is 7.21. The number of rotatable bonds is 5. The Bertz CT molecular complexity index is 887. The summed E-state index contributed by atoms with van der Waals surface area (Å²) in [4.78, 5) is 4.25. The first-order valence-electron chi connectivity index (χ1n) is 8.32. The molecule has 0 spiro atoms. The van der Waals surface area contributed by atoms with Gasteiger partial charge in [-0.3, -0.25) is 4.99 Å². The highest BCUT2D eigenvalue weighted by Crippen LogP contribution is 2.24. The molecule has 3 rings (SSSR count). The first-order valence-corrected chi connectivity index (χ1v) is 9.14. The summed E-state index contributed by atoms with van der Waals surface area (Å²) in [5.41, 5.74) is 2.07. The number of para-hydroxylation sites is 1. The minimum absolute atomic E-state index is 0. The highest BCUT2D eigenvalue weighted by Gasteiger charge is 2.11. The van der Waals surface area contributed by atoms with Crippen molar-refractivity contribution in [3.8, 4) is 0 Å². The van der Waals surface area contributed by atoms with E-state index < -0.39 is 0 Å². The standard InChI is InChI=1S/C18H23N5OS.HI/c1-11(2)17-23-22-16(25-17)10-21-18(19-4)20-9-15-12(3)13-7-5-6-8-14(13)24-15;/h5-8,11H,9-10H2,1-4H3,(H2,19,20,21);1H. The summed E-state index contributed by atoms with van der Waals surface area (Å²) in [5, 5.41) is 18.1. The third-order valence-electron chi connectivity index (χ3n) is 3.97. The number of aromatic nitrogens is 2. The van der Waals surface area contributed by atoms with Gasteiger partial charge < -0.3 is 15.1 Å². The third-order valence-corrected chi connectivity index (χ3v) is 5.19. The Kier molecular flexibility index (Phi) is 7.39. The monoisotopic (exact) mass is 485 g/mol. The van der Waals surface area contributed by atoms with Crippen LogP contribution in [-0.4, -0.2) is 23.2 Å². The SMILES string of the molecule is CN=C(NCc1nnc(C(C)C)s1)NCc1oc2ccccc2c1C.I. The molecule has 3 aromatic rings. The molecule has 2 aromatic heterocycles. The molecule has 0 fully saturated rings. The summed E-state index contributed by atoms with van der Waals surface area (Å²) in [6.07, 6.45) is 0. The van der Waals surface area contributed by atoms with Gasteiger partial charge in [0.2, 0.25) is 0 Å². The lowest BCUT2D eigenvalue weighted by atomic mass is 10.1. The molecule has 1 aromatic carbocycles. The van der Waals surface area contributed by atoms with Crippen LogP contribution in [0.3, 0.4) is 0 Å². The summed E-state index contributed by atoms with van der Waals surface area (Å²) in [6, 6.07) is 8.07. The first-order chi connectivity index (χ1) is 12.1. The molecule has 140 valence electrons. The van der Waals surface area contributed by atoms with Gasteiger partial charge in [-0.25, -0.2) is 0 Å². The predicted octanol–water partition coefficient (Wildman–Crippen LogP) is 4.20. The van der Waals surface area contributed by atoms with Gasteiger partial charge in [0.15, 0.2) is 5.96 Å². The van der Waals surface area contributed by atoms with Crippen LogP contribution < -0.4 is 10.6 Å². The zero-order valence-electron chi connectivity index (χ0n) is 15.4. The Morgan fingerprint density at radius 2 is 1.92 bits per heavy atom. The van der Waals surface area contributed by atoms with Gasteiger partial charge in [0.25, 0.3) is 0 Å². The third kappa shape index (κ3) is 4.73. The number of nitrogens with zero attached hydrogens (tertiary/aromatic N) is 3. The molecule has 2 heterocycles. The highest BCUT2D eigenvalue weighted by atomic mass is 127. The van der Waals surface area contributed by atoms with Crippen molar-refractivity contribution in [2.75, 3.05) is 7.05 Å². The van der Waals surface area contributed by atoms with Crippen molar-refractivity contribution in [3.05, 3.63) is 45.6 Å². The molecule has 6 nitrogen and oxygen atoms in total. The maximum atomic E-state index is 5.92. The van der Waals surface area contributed by atoms with E-state index in [9.17, 15) is 0 Å². The van der Waals surface area contributed by atoms with Gasteiger partial charge in [-0.2, -0.15) is 0 Å². The van der Waals surface area contributed by atoms with Crippen LogP contribution in [0.1, 0.15) is 41.1 Å². The van der Waals surface area contributed by atoms with Crippen molar-refractivity contribution in [1.29, 1.82) is 0 Å². The lowest BCUT2D eigenvalue weighted by Crippen LogP contribution is -2.36. The Labute approximate surface area is 174 Å². The normalized spacial score (nSPS) is 11.7. The van der Waals surface area contributed by atoms with Crippen LogP contribution in [0.5, 0.6) is 0 Å². The topological polar surface area (TPSA) is 75.3 Å². The zero-order valence-corrected chi connectivity index (χ0v) is 18.5. The number of aliphatic imine (C=N–C) groups is 1. The van der Waals surface area contributed by atoms with Crippen LogP contribution in [0, 0.1) is 6.92 Å². The fourth-order valence-electron chi connectivity index (χ4n) is 2.51. The zero-order chi connectivity index (χ0) is 17.8. The van der Waals surface area contributed by atoms with Crippen molar-refractivity contribution in [2.24, 2.45) is 4.99 Å². The molecular formula is C18H24IN5OS. The van der Waals surface area contributed by atoms with Crippen LogP contribution >= 0.6 is 35.3 Å². The fraction of sp³-hybridized carbons (Fsp3) is 0.389. The molecule has 0 saturated heterocycles. The van der Waals surface area contributed by atoms with Gasteiger partial charge in [0.1, 0.15) is 21.4 Å². The molecule has 0 aliphatic heterocycles. The number of furan rings is 1. The van der Waals surface area contributed by atoms with E-state index in [1.54, 1.807) is 18.4 Å². The number of hydrogen-bond donors (Lipinski definition) is 2. The van der Waals surface area contributed by atoms with E-state index in [1.807, 2.05) is 18.2 Å². The molecule has 0 atom stereocenters. The Balaban J connectivity index is 0.00000243. The van der Waals surface area contributed by atoms with Crippen LogP contribution in [0.2, 0.25) is 0 Å². The van der Waals surface area contributed by atoms with Crippen LogP contribution in [0.4, 0.5) is 0 Å². The van der Waals surface area contributed by atoms with Gasteiger partial charge in [0, 0.05) is 23.9 Å².